The summed E-state index contributed by atoms with van der Waals surface area (Å²) in [6.07, 6.45) is 5.56. The van der Waals surface area contributed by atoms with Crippen molar-refractivity contribution in [3.05, 3.63) is 29.8 Å². The van der Waals surface area contributed by atoms with Crippen molar-refractivity contribution in [3.63, 3.8) is 0 Å². The molecule has 0 saturated heterocycles. The van der Waals surface area contributed by atoms with Crippen molar-refractivity contribution in [1.29, 1.82) is 0 Å². The molecule has 1 aromatic rings. The molecule has 0 bridgehead atoms. The van der Waals surface area contributed by atoms with Crippen LogP contribution in [0.25, 0.3) is 0 Å². The number of aliphatic carboxylic acids is 1. The van der Waals surface area contributed by atoms with Gasteiger partial charge in [-0.3, -0.25) is 4.79 Å². The first kappa shape index (κ1) is 27.5. The van der Waals surface area contributed by atoms with Crippen molar-refractivity contribution in [2.75, 3.05) is 0 Å². The molecular formula is C28H48O3. The van der Waals surface area contributed by atoms with Gasteiger partial charge in [0.05, 0.1) is 11.5 Å². The van der Waals surface area contributed by atoms with Crippen LogP contribution in [-0.4, -0.2) is 17.2 Å². The predicted molar refractivity (Wildman–Crippen MR) is 132 cm³/mol. The third-order valence-electron chi connectivity index (χ3n) is 7.39. The minimum Gasteiger partial charge on any atom is -0.491 e. The van der Waals surface area contributed by atoms with Gasteiger partial charge in [-0.1, -0.05) is 67.0 Å². The Labute approximate surface area is 192 Å². The van der Waals surface area contributed by atoms with E-state index in [0.717, 1.165) is 37.9 Å². The van der Waals surface area contributed by atoms with Crippen LogP contribution in [0.3, 0.4) is 0 Å². The molecule has 0 amide bonds. The molecule has 31 heavy (non-hydrogen) atoms. The average Bonchev–Trinajstić information content (AvgIpc) is 2.64. The average molecular weight is 433 g/mol. The molecule has 178 valence electrons. The summed E-state index contributed by atoms with van der Waals surface area (Å²) in [5.74, 6) is 1.39. The third kappa shape index (κ3) is 8.50. The van der Waals surface area contributed by atoms with Crippen LogP contribution in [0, 0.1) is 22.2 Å². The number of carboxylic acids is 1. The van der Waals surface area contributed by atoms with Gasteiger partial charge in [0, 0.05) is 0 Å². The van der Waals surface area contributed by atoms with Crippen LogP contribution < -0.4 is 4.74 Å². The summed E-state index contributed by atoms with van der Waals surface area (Å²) >= 11 is 0. The lowest BCUT2D eigenvalue weighted by Gasteiger charge is -2.43. The quantitative estimate of drug-likeness (QED) is 0.341. The zero-order valence-electron chi connectivity index (χ0n) is 21.8. The lowest BCUT2D eigenvalue weighted by atomic mass is 9.60. The van der Waals surface area contributed by atoms with Gasteiger partial charge in [-0.25, -0.2) is 0 Å². The summed E-state index contributed by atoms with van der Waals surface area (Å²) in [7, 11) is 0. The third-order valence-corrected chi connectivity index (χ3v) is 7.39. The van der Waals surface area contributed by atoms with E-state index in [1.54, 1.807) is 0 Å². The smallest absolute Gasteiger partial charge is 0.309 e. The second kappa shape index (κ2) is 10.9. The number of carboxylic acid groups (broad SMARTS) is 1. The summed E-state index contributed by atoms with van der Waals surface area (Å²) in [6.45, 7) is 21.4. The zero-order chi connectivity index (χ0) is 24.0. The van der Waals surface area contributed by atoms with Gasteiger partial charge < -0.3 is 9.84 Å². The van der Waals surface area contributed by atoms with E-state index in [2.05, 4.69) is 79.7 Å². The highest BCUT2D eigenvalue weighted by molar-refractivity contribution is 5.74. The van der Waals surface area contributed by atoms with Crippen molar-refractivity contribution in [2.24, 2.45) is 22.2 Å². The molecule has 0 aliphatic carbocycles. The van der Waals surface area contributed by atoms with Crippen molar-refractivity contribution >= 4 is 5.97 Å². The standard InChI is InChI=1S/C28H48O3/c1-20(2)23-12-11-13-24(18-23)31-22(4)15-14-21(3)16-17-26(5,6)19-27(7,8)28(9,10)25(29)30/h11-13,18,20-22H,14-17,19H2,1-10H3,(H,29,30). The molecule has 0 aliphatic rings. The SMILES string of the molecule is CC(CCC(C)Oc1cccc(C(C)C)c1)CCC(C)(C)CC(C)(C)C(C)(C)C(=O)O. The maximum absolute atomic E-state index is 11.7. The minimum absolute atomic E-state index is 0.115. The molecule has 1 aromatic carbocycles. The van der Waals surface area contributed by atoms with Crippen molar-refractivity contribution in [3.8, 4) is 5.75 Å². The van der Waals surface area contributed by atoms with Crippen molar-refractivity contribution in [1.82, 2.24) is 0 Å². The Balaban J connectivity index is 2.51. The van der Waals surface area contributed by atoms with E-state index >= 15 is 0 Å². The fraction of sp³-hybridized carbons (Fsp3) is 0.750. The molecular weight excluding hydrogens is 384 g/mol. The molecule has 0 saturated carbocycles. The van der Waals surface area contributed by atoms with Crippen LogP contribution >= 0.6 is 0 Å². The van der Waals surface area contributed by atoms with E-state index in [9.17, 15) is 9.90 Å². The van der Waals surface area contributed by atoms with Gasteiger partial charge >= 0.3 is 5.97 Å². The van der Waals surface area contributed by atoms with Gasteiger partial charge in [-0.15, -0.1) is 0 Å². The fourth-order valence-electron chi connectivity index (χ4n) is 4.33. The molecule has 0 fully saturated rings. The predicted octanol–water partition coefficient (Wildman–Crippen LogP) is 8.33. The summed E-state index contributed by atoms with van der Waals surface area (Å²) in [6, 6.07) is 8.45. The van der Waals surface area contributed by atoms with Gasteiger partial charge in [-0.2, -0.15) is 0 Å². The molecule has 0 heterocycles. The van der Waals surface area contributed by atoms with Gasteiger partial charge in [0.15, 0.2) is 0 Å². The van der Waals surface area contributed by atoms with Crippen LogP contribution in [0.2, 0.25) is 0 Å². The molecule has 1 N–H and O–H groups in total. The highest BCUT2D eigenvalue weighted by atomic mass is 16.5. The van der Waals surface area contributed by atoms with E-state index in [-0.39, 0.29) is 16.9 Å². The Hall–Kier alpha value is -1.51. The van der Waals surface area contributed by atoms with Crippen LogP contribution in [0.5, 0.6) is 5.75 Å². The second-order valence-electron chi connectivity index (χ2n) is 12.0. The Morgan fingerprint density at radius 2 is 1.58 bits per heavy atom. The number of hydrogen-bond acceptors (Lipinski definition) is 2. The first-order chi connectivity index (χ1) is 14.1. The zero-order valence-corrected chi connectivity index (χ0v) is 21.8. The van der Waals surface area contributed by atoms with Gasteiger partial charge in [-0.05, 0) is 86.8 Å². The minimum atomic E-state index is -0.741. The maximum atomic E-state index is 11.7. The van der Waals surface area contributed by atoms with Crippen LogP contribution in [0.4, 0.5) is 0 Å². The monoisotopic (exact) mass is 432 g/mol. The molecule has 3 heteroatoms. The van der Waals surface area contributed by atoms with Gasteiger partial charge in [0.1, 0.15) is 5.75 Å². The molecule has 0 aromatic heterocycles. The molecule has 2 unspecified atom stereocenters. The Morgan fingerprint density at radius 1 is 0.968 bits per heavy atom. The summed E-state index contributed by atoms with van der Waals surface area (Å²) in [4.78, 5) is 11.7. The normalized spacial score (nSPS) is 15.1. The number of rotatable bonds is 13. The first-order valence-electron chi connectivity index (χ1n) is 12.1. The molecule has 0 spiro atoms. The molecule has 0 aliphatic heterocycles. The lowest BCUT2D eigenvalue weighted by molar-refractivity contribution is -0.155. The Kier molecular flexibility index (Phi) is 9.66. The highest BCUT2D eigenvalue weighted by Gasteiger charge is 2.45. The van der Waals surface area contributed by atoms with Crippen LogP contribution in [-0.2, 0) is 4.79 Å². The van der Waals surface area contributed by atoms with Gasteiger partial charge in [0.2, 0.25) is 0 Å². The summed E-state index contributed by atoms with van der Waals surface area (Å²) in [5.41, 5.74) is 0.423. The second-order valence-corrected chi connectivity index (χ2v) is 12.0. The first-order valence-corrected chi connectivity index (χ1v) is 12.1. The molecule has 0 radical (unpaired) electrons. The number of ether oxygens (including phenoxy) is 1. The van der Waals surface area contributed by atoms with Crippen molar-refractivity contribution in [2.45, 2.75) is 113 Å². The lowest BCUT2D eigenvalue weighted by Crippen LogP contribution is -2.42. The fourth-order valence-corrected chi connectivity index (χ4v) is 4.33. The van der Waals surface area contributed by atoms with E-state index in [1.165, 1.54) is 5.56 Å². The van der Waals surface area contributed by atoms with E-state index in [0.29, 0.717) is 11.8 Å². The topological polar surface area (TPSA) is 46.5 Å². The Bertz CT molecular complexity index is 700. The van der Waals surface area contributed by atoms with Crippen LogP contribution in [0.15, 0.2) is 24.3 Å². The number of benzene rings is 1. The number of hydrogen-bond donors (Lipinski definition) is 1. The van der Waals surface area contributed by atoms with E-state index in [4.69, 9.17) is 4.74 Å². The van der Waals surface area contributed by atoms with Crippen LogP contribution in [0.1, 0.15) is 113 Å². The Morgan fingerprint density at radius 3 is 2.13 bits per heavy atom. The van der Waals surface area contributed by atoms with Gasteiger partial charge in [0.25, 0.3) is 0 Å². The maximum Gasteiger partial charge on any atom is 0.309 e. The van der Waals surface area contributed by atoms with E-state index < -0.39 is 11.4 Å². The molecule has 2 atom stereocenters. The van der Waals surface area contributed by atoms with E-state index in [1.807, 2.05) is 13.8 Å². The molecule has 1 rings (SSSR count). The number of carbonyl (C=O) groups is 1. The largest absolute Gasteiger partial charge is 0.491 e. The highest BCUT2D eigenvalue weighted by Crippen LogP contribution is 2.48. The van der Waals surface area contributed by atoms with Crippen molar-refractivity contribution < 1.29 is 14.6 Å². The summed E-state index contributed by atoms with van der Waals surface area (Å²) < 4.78 is 6.17. The summed E-state index contributed by atoms with van der Waals surface area (Å²) in [5, 5.41) is 9.65. The molecule has 3 nitrogen and oxygen atoms in total.